The van der Waals surface area contributed by atoms with Crippen molar-refractivity contribution in [1.29, 1.82) is 0 Å². The number of hydrogen-bond donors (Lipinski definition) is 8. The van der Waals surface area contributed by atoms with Crippen LogP contribution in [0.5, 0.6) is 0 Å². The Labute approximate surface area is 253 Å². The lowest BCUT2D eigenvalue weighted by atomic mass is 9.94. The van der Waals surface area contributed by atoms with Gasteiger partial charge in [-0.05, 0) is 0 Å². The van der Waals surface area contributed by atoms with E-state index >= 15 is 0 Å². The summed E-state index contributed by atoms with van der Waals surface area (Å²) in [6.07, 6.45) is -14.5. The van der Waals surface area contributed by atoms with Crippen molar-refractivity contribution in [2.24, 2.45) is 10.9 Å². The fourth-order valence-corrected chi connectivity index (χ4v) is 6.07. The Morgan fingerprint density at radius 3 is 1.93 bits per heavy atom. The molecule has 0 spiro atoms. The summed E-state index contributed by atoms with van der Waals surface area (Å²) in [7, 11) is 4.79. The monoisotopic (exact) mass is 636 g/mol. The van der Waals surface area contributed by atoms with E-state index in [1.54, 1.807) is 19.0 Å². The average molecular weight is 637 g/mol. The molecule has 3 fully saturated rings. The number of amides is 2. The van der Waals surface area contributed by atoms with E-state index < -0.39 is 117 Å². The van der Waals surface area contributed by atoms with E-state index in [0.717, 1.165) is 0 Å². The smallest absolute Gasteiger partial charge is 0.287 e. The standard InChI is InChI=1S/C26H44N4O14/c1-9(33)27-15-18(36)17(35)13(8-39-5)41-24(15)43-23-12(7-32)40-25(16(20(23)38)28-10(2)34)42-22-11(6-31)21-14(19(22)37)29-26(44-21)30(3)4/h11-25,31-32,35-38H,6-8H2,1-5H3,(H,27,33)(H,28,34)/t11-,12+,13-,14+,15-,16-,17-,18-,19+,20-,21-,22+,23-,24+,25+/m1/s1. The minimum Gasteiger partial charge on any atom is -0.459 e. The van der Waals surface area contributed by atoms with E-state index in [1.807, 2.05) is 0 Å². The minimum absolute atomic E-state index is 0.149. The summed E-state index contributed by atoms with van der Waals surface area (Å²) >= 11 is 0. The molecule has 1 saturated carbocycles. The molecule has 8 N–H and O–H groups in total. The molecule has 0 unspecified atom stereocenters. The maximum Gasteiger partial charge on any atom is 0.287 e. The van der Waals surface area contributed by atoms with E-state index in [0.29, 0.717) is 0 Å². The molecule has 3 heterocycles. The van der Waals surface area contributed by atoms with Crippen molar-refractivity contribution in [3.63, 3.8) is 0 Å². The molecule has 15 atom stereocenters. The number of nitrogens with one attached hydrogen (secondary N) is 2. The number of fused-ring (bicyclic) bond motifs is 1. The Morgan fingerprint density at radius 1 is 0.841 bits per heavy atom. The summed E-state index contributed by atoms with van der Waals surface area (Å²) in [4.78, 5) is 30.1. The van der Waals surface area contributed by atoms with Crippen LogP contribution in [0.15, 0.2) is 4.99 Å². The second kappa shape index (κ2) is 14.5. The van der Waals surface area contributed by atoms with Crippen LogP contribution in [0.25, 0.3) is 0 Å². The molecule has 0 radical (unpaired) electrons. The van der Waals surface area contributed by atoms with Gasteiger partial charge in [0.1, 0.15) is 67.0 Å². The van der Waals surface area contributed by atoms with Crippen molar-refractivity contribution in [3.05, 3.63) is 0 Å². The van der Waals surface area contributed by atoms with Gasteiger partial charge in [0.2, 0.25) is 11.8 Å². The predicted molar refractivity (Wildman–Crippen MR) is 146 cm³/mol. The van der Waals surface area contributed by atoms with Gasteiger partial charge in [0, 0.05) is 35.1 Å². The Balaban J connectivity index is 1.57. The van der Waals surface area contributed by atoms with Gasteiger partial charge in [-0.2, -0.15) is 0 Å². The minimum atomic E-state index is -1.64. The number of nitrogens with zero attached hydrogens (tertiary/aromatic N) is 2. The Morgan fingerprint density at radius 2 is 1.41 bits per heavy atom. The SMILES string of the molecule is COC[C@H]1O[C@@H](O[C@H]2[C@H](O)[C@@H](NC(C)=O)[C@H](O[C@@H]3[C@@H](O)[C@@H]4N=C(N(C)C)O[C@@H]4[C@H]3CO)O[C@H]2CO)[C@H](NC(C)=O)[C@@H](O)[C@@H]1O. The zero-order valence-corrected chi connectivity index (χ0v) is 25.1. The van der Waals surface area contributed by atoms with E-state index in [1.165, 1.54) is 21.0 Å². The lowest BCUT2D eigenvalue weighted by Gasteiger charge is -2.48. The van der Waals surface area contributed by atoms with Crippen molar-refractivity contribution < 1.29 is 68.6 Å². The van der Waals surface area contributed by atoms with Gasteiger partial charge < -0.3 is 74.6 Å². The fourth-order valence-electron chi connectivity index (χ4n) is 6.07. The quantitative estimate of drug-likeness (QED) is 0.111. The number of amidine groups is 1. The van der Waals surface area contributed by atoms with Crippen LogP contribution in [0, 0.1) is 5.92 Å². The van der Waals surface area contributed by atoms with Crippen LogP contribution in [-0.2, 0) is 38.0 Å². The fraction of sp³-hybridized carbons (Fsp3) is 0.885. The lowest BCUT2D eigenvalue weighted by Crippen LogP contribution is -2.69. The van der Waals surface area contributed by atoms with Crippen molar-refractivity contribution in [2.45, 2.75) is 99.5 Å². The van der Waals surface area contributed by atoms with Crippen molar-refractivity contribution in [2.75, 3.05) is 41.0 Å². The largest absolute Gasteiger partial charge is 0.459 e. The molecule has 2 saturated heterocycles. The predicted octanol–water partition coefficient (Wildman–Crippen LogP) is -5.39. The number of rotatable bonds is 10. The second-order valence-corrected chi connectivity index (χ2v) is 11.6. The zero-order chi connectivity index (χ0) is 32.5. The third-order valence-electron chi connectivity index (χ3n) is 8.17. The molecule has 3 aliphatic heterocycles. The number of aliphatic hydroxyl groups excluding tert-OH is 6. The molecule has 0 aromatic rings. The van der Waals surface area contributed by atoms with E-state index in [9.17, 15) is 40.2 Å². The lowest BCUT2D eigenvalue weighted by molar-refractivity contribution is -0.339. The molecule has 44 heavy (non-hydrogen) atoms. The van der Waals surface area contributed by atoms with Gasteiger partial charge in [-0.3, -0.25) is 9.59 Å². The highest BCUT2D eigenvalue weighted by Gasteiger charge is 2.58. The van der Waals surface area contributed by atoms with Gasteiger partial charge in [0.05, 0.1) is 31.8 Å². The summed E-state index contributed by atoms with van der Waals surface area (Å²) in [5.74, 6) is -1.92. The van der Waals surface area contributed by atoms with Crippen LogP contribution in [0.4, 0.5) is 0 Å². The number of methoxy groups -OCH3 is 1. The molecule has 0 aromatic carbocycles. The molecule has 4 aliphatic rings. The summed E-state index contributed by atoms with van der Waals surface area (Å²) < 4.78 is 34.8. The van der Waals surface area contributed by atoms with Crippen molar-refractivity contribution >= 4 is 17.8 Å². The normalized spacial score (nSPS) is 43.5. The molecule has 1 aliphatic carbocycles. The highest BCUT2D eigenvalue weighted by atomic mass is 16.7. The molecule has 18 nitrogen and oxygen atoms in total. The molecule has 2 amide bonds. The Hall–Kier alpha value is -2.23. The third-order valence-corrected chi connectivity index (χ3v) is 8.17. The molecule has 0 bridgehead atoms. The van der Waals surface area contributed by atoms with Gasteiger partial charge >= 0.3 is 0 Å². The maximum absolute atomic E-state index is 12.2. The first-order valence-corrected chi connectivity index (χ1v) is 14.3. The van der Waals surface area contributed by atoms with Gasteiger partial charge in [0.25, 0.3) is 6.02 Å². The number of hydrogen-bond acceptors (Lipinski definition) is 16. The number of aliphatic hydroxyl groups is 6. The zero-order valence-electron chi connectivity index (χ0n) is 25.1. The average Bonchev–Trinajstić information content (AvgIpc) is 3.50. The second-order valence-electron chi connectivity index (χ2n) is 11.6. The Kier molecular flexibility index (Phi) is 11.4. The molecular formula is C26H44N4O14. The van der Waals surface area contributed by atoms with E-state index in [2.05, 4.69) is 15.6 Å². The molecule has 0 aromatic heterocycles. The van der Waals surface area contributed by atoms with Crippen LogP contribution in [0.1, 0.15) is 13.8 Å². The summed E-state index contributed by atoms with van der Waals surface area (Å²) in [6.45, 7) is 1.06. The number of ether oxygens (including phenoxy) is 6. The van der Waals surface area contributed by atoms with Gasteiger partial charge in [-0.25, -0.2) is 4.99 Å². The van der Waals surface area contributed by atoms with Crippen LogP contribution in [0.3, 0.4) is 0 Å². The summed E-state index contributed by atoms with van der Waals surface area (Å²) in [6, 6.07) is -3.11. The highest BCUT2D eigenvalue weighted by Crippen LogP contribution is 2.39. The first-order valence-electron chi connectivity index (χ1n) is 14.3. The van der Waals surface area contributed by atoms with Crippen molar-refractivity contribution in [3.8, 4) is 0 Å². The third kappa shape index (κ3) is 6.95. The first-order chi connectivity index (χ1) is 20.8. The molecule has 18 heteroatoms. The number of aliphatic imine (C=N–C) groups is 1. The van der Waals surface area contributed by atoms with Crippen molar-refractivity contribution in [1.82, 2.24) is 15.5 Å². The highest BCUT2D eigenvalue weighted by molar-refractivity contribution is 5.76. The van der Waals surface area contributed by atoms with Crippen LogP contribution < -0.4 is 10.6 Å². The van der Waals surface area contributed by atoms with Gasteiger partial charge in [0.15, 0.2) is 12.6 Å². The number of carbonyl (C=O) groups excluding carboxylic acids is 2. The Bertz CT molecular complexity index is 1040. The van der Waals surface area contributed by atoms with E-state index in [4.69, 9.17) is 28.4 Å². The van der Waals surface area contributed by atoms with Crippen LogP contribution in [0.2, 0.25) is 0 Å². The summed E-state index contributed by atoms with van der Waals surface area (Å²) in [5.41, 5.74) is 0. The van der Waals surface area contributed by atoms with Gasteiger partial charge in [-0.1, -0.05) is 0 Å². The molecular weight excluding hydrogens is 592 g/mol. The molecule has 4 rings (SSSR count). The topological polar surface area (TPSA) is 251 Å². The van der Waals surface area contributed by atoms with Gasteiger partial charge in [-0.15, -0.1) is 0 Å². The summed E-state index contributed by atoms with van der Waals surface area (Å²) in [5, 5.41) is 69.3. The van der Waals surface area contributed by atoms with E-state index in [-0.39, 0.29) is 12.6 Å². The molecule has 252 valence electrons. The van der Waals surface area contributed by atoms with Crippen LogP contribution in [-0.4, -0.2) is 180 Å². The maximum atomic E-state index is 12.2. The van der Waals surface area contributed by atoms with Crippen LogP contribution >= 0.6 is 0 Å². The number of carbonyl (C=O) groups is 2. The first kappa shape index (κ1) is 34.6.